The highest BCUT2D eigenvalue weighted by atomic mass is 16.4. The smallest absolute Gasteiger partial charge is 0.330 e. The normalized spacial score (nSPS) is 11.7. The van der Waals surface area contributed by atoms with E-state index in [4.69, 9.17) is 5.73 Å². The van der Waals surface area contributed by atoms with Crippen LogP contribution < -0.4 is 11.1 Å². The maximum Gasteiger partial charge on any atom is 0.330 e. The van der Waals surface area contributed by atoms with Crippen LogP contribution in [0, 0.1) is 6.92 Å². The van der Waals surface area contributed by atoms with Gasteiger partial charge in [0.15, 0.2) is 6.04 Å². The number of carbonyl (C=O) groups excluding carboxylic acids is 1. The molecule has 0 saturated carbocycles. The van der Waals surface area contributed by atoms with E-state index in [1.807, 2.05) is 0 Å². The summed E-state index contributed by atoms with van der Waals surface area (Å²) in [6.07, 6.45) is 0. The van der Waals surface area contributed by atoms with Crippen molar-refractivity contribution in [2.45, 2.75) is 13.0 Å². The van der Waals surface area contributed by atoms with E-state index in [2.05, 4.69) is 5.32 Å². The third-order valence-electron chi connectivity index (χ3n) is 3.19. The Kier molecular flexibility index (Phi) is 4.23. The van der Waals surface area contributed by atoms with Crippen LogP contribution in [0.25, 0.3) is 0 Å². The van der Waals surface area contributed by atoms with Gasteiger partial charge in [0.1, 0.15) is 0 Å². The first-order valence-electron chi connectivity index (χ1n) is 6.44. The predicted octanol–water partition coefficient (Wildman–Crippen LogP) is 2.13. The Balaban J connectivity index is 2.23. The van der Waals surface area contributed by atoms with Crippen molar-refractivity contribution in [3.63, 3.8) is 0 Å². The summed E-state index contributed by atoms with van der Waals surface area (Å²) in [6, 6.07) is 12.3. The number of hydrogen-bond acceptors (Lipinski definition) is 3. The molecule has 4 N–H and O–H groups in total. The molecule has 0 aliphatic carbocycles. The first kappa shape index (κ1) is 14.6. The lowest BCUT2D eigenvalue weighted by molar-refractivity contribution is -0.139. The second-order valence-electron chi connectivity index (χ2n) is 4.73. The maximum absolute atomic E-state index is 12.2. The Morgan fingerprint density at radius 1 is 1.14 bits per heavy atom. The number of hydrogen-bond donors (Lipinski definition) is 3. The summed E-state index contributed by atoms with van der Waals surface area (Å²) in [7, 11) is 0. The molecule has 0 radical (unpaired) electrons. The van der Waals surface area contributed by atoms with Crippen molar-refractivity contribution in [2.24, 2.45) is 0 Å². The van der Waals surface area contributed by atoms with E-state index in [9.17, 15) is 14.7 Å². The van der Waals surface area contributed by atoms with Crippen LogP contribution in [0.2, 0.25) is 0 Å². The Bertz CT molecular complexity index is 668. The molecule has 1 atom stereocenters. The number of benzene rings is 2. The molecule has 2 aromatic carbocycles. The SMILES string of the molecule is Cc1cc(C(=O)N[C@@H](C(=O)O)c2ccccc2)ccc1N. The summed E-state index contributed by atoms with van der Waals surface area (Å²) >= 11 is 0. The standard InChI is InChI=1S/C16H16N2O3/c1-10-9-12(7-8-13(10)17)15(19)18-14(16(20)21)11-5-3-2-4-6-11/h2-9,14H,17H2,1H3,(H,18,19)(H,20,21)/t14-/m1/s1. The van der Waals surface area contributed by atoms with Crippen LogP contribution in [-0.4, -0.2) is 17.0 Å². The minimum absolute atomic E-state index is 0.379. The summed E-state index contributed by atoms with van der Waals surface area (Å²) in [6.45, 7) is 1.79. The minimum atomic E-state index is -1.11. The van der Waals surface area contributed by atoms with Gasteiger partial charge in [0, 0.05) is 11.3 Å². The van der Waals surface area contributed by atoms with E-state index in [0.29, 0.717) is 16.8 Å². The molecule has 0 spiro atoms. The summed E-state index contributed by atoms with van der Waals surface area (Å²) in [4.78, 5) is 23.5. The number of nitrogens with two attached hydrogens (primary N) is 1. The molecule has 0 saturated heterocycles. The molecular formula is C16H16N2O3. The minimum Gasteiger partial charge on any atom is -0.479 e. The zero-order valence-electron chi connectivity index (χ0n) is 11.5. The van der Waals surface area contributed by atoms with Crippen LogP contribution in [0.3, 0.4) is 0 Å². The Morgan fingerprint density at radius 3 is 2.38 bits per heavy atom. The number of anilines is 1. The highest BCUT2D eigenvalue weighted by Crippen LogP contribution is 2.16. The number of aryl methyl sites for hydroxylation is 1. The van der Waals surface area contributed by atoms with Crippen molar-refractivity contribution in [1.82, 2.24) is 5.32 Å². The maximum atomic E-state index is 12.2. The van der Waals surface area contributed by atoms with Gasteiger partial charge in [-0.3, -0.25) is 4.79 Å². The number of carboxylic acid groups (broad SMARTS) is 1. The molecule has 2 rings (SSSR count). The largest absolute Gasteiger partial charge is 0.479 e. The molecule has 21 heavy (non-hydrogen) atoms. The molecule has 5 heteroatoms. The molecular weight excluding hydrogens is 268 g/mol. The molecule has 0 unspecified atom stereocenters. The van der Waals surface area contributed by atoms with Crippen molar-refractivity contribution < 1.29 is 14.7 Å². The molecule has 0 bridgehead atoms. The van der Waals surface area contributed by atoms with Gasteiger partial charge in [-0.25, -0.2) is 4.79 Å². The van der Waals surface area contributed by atoms with Gasteiger partial charge in [0.2, 0.25) is 0 Å². The first-order chi connectivity index (χ1) is 9.99. The van der Waals surface area contributed by atoms with E-state index in [1.54, 1.807) is 55.5 Å². The number of amides is 1. The number of nitrogens with one attached hydrogen (secondary N) is 1. The van der Waals surface area contributed by atoms with Crippen LogP contribution in [0.5, 0.6) is 0 Å². The van der Waals surface area contributed by atoms with E-state index >= 15 is 0 Å². The second-order valence-corrected chi connectivity index (χ2v) is 4.73. The zero-order valence-corrected chi connectivity index (χ0v) is 11.5. The fourth-order valence-corrected chi connectivity index (χ4v) is 1.96. The molecule has 0 fully saturated rings. The van der Waals surface area contributed by atoms with Crippen molar-refractivity contribution in [3.05, 3.63) is 65.2 Å². The van der Waals surface area contributed by atoms with Gasteiger partial charge in [-0.2, -0.15) is 0 Å². The van der Waals surface area contributed by atoms with Gasteiger partial charge in [-0.05, 0) is 36.2 Å². The molecule has 1 amide bonds. The number of carbonyl (C=O) groups is 2. The third kappa shape index (κ3) is 3.39. The predicted molar refractivity (Wildman–Crippen MR) is 79.9 cm³/mol. The van der Waals surface area contributed by atoms with E-state index in [1.165, 1.54) is 0 Å². The topological polar surface area (TPSA) is 92.4 Å². The fourth-order valence-electron chi connectivity index (χ4n) is 1.96. The van der Waals surface area contributed by atoms with E-state index in [-0.39, 0.29) is 0 Å². The van der Waals surface area contributed by atoms with Gasteiger partial charge in [0.05, 0.1) is 0 Å². The molecule has 0 aliphatic rings. The van der Waals surface area contributed by atoms with E-state index in [0.717, 1.165) is 5.56 Å². The van der Waals surface area contributed by atoms with Crippen LogP contribution >= 0.6 is 0 Å². The van der Waals surface area contributed by atoms with Gasteiger partial charge in [-0.15, -0.1) is 0 Å². The number of rotatable bonds is 4. The Labute approximate surface area is 122 Å². The first-order valence-corrected chi connectivity index (χ1v) is 6.44. The van der Waals surface area contributed by atoms with Crippen molar-refractivity contribution in [3.8, 4) is 0 Å². The lowest BCUT2D eigenvalue weighted by atomic mass is 10.1. The van der Waals surface area contributed by atoms with Crippen LogP contribution in [-0.2, 0) is 4.79 Å². The highest BCUT2D eigenvalue weighted by molar-refractivity contribution is 5.97. The average molecular weight is 284 g/mol. The molecule has 0 heterocycles. The van der Waals surface area contributed by atoms with Gasteiger partial charge in [0.25, 0.3) is 5.91 Å². The number of aliphatic carboxylic acids is 1. The molecule has 0 aliphatic heterocycles. The Morgan fingerprint density at radius 2 is 1.81 bits per heavy atom. The van der Waals surface area contributed by atoms with E-state index < -0.39 is 17.9 Å². The van der Waals surface area contributed by atoms with Crippen molar-refractivity contribution in [2.75, 3.05) is 5.73 Å². The highest BCUT2D eigenvalue weighted by Gasteiger charge is 2.22. The monoisotopic (exact) mass is 284 g/mol. The third-order valence-corrected chi connectivity index (χ3v) is 3.19. The van der Waals surface area contributed by atoms with Crippen LogP contribution in [0.1, 0.15) is 27.5 Å². The molecule has 2 aromatic rings. The molecule has 0 aromatic heterocycles. The molecule has 5 nitrogen and oxygen atoms in total. The average Bonchev–Trinajstić information content (AvgIpc) is 2.48. The summed E-state index contributed by atoms with van der Waals surface area (Å²) in [5.74, 6) is -1.56. The summed E-state index contributed by atoms with van der Waals surface area (Å²) in [5.41, 5.74) is 7.96. The lowest BCUT2D eigenvalue weighted by Crippen LogP contribution is -2.33. The lowest BCUT2D eigenvalue weighted by Gasteiger charge is -2.15. The van der Waals surface area contributed by atoms with Gasteiger partial charge < -0.3 is 16.2 Å². The van der Waals surface area contributed by atoms with Gasteiger partial charge in [-0.1, -0.05) is 30.3 Å². The number of nitrogen functional groups attached to an aromatic ring is 1. The summed E-state index contributed by atoms with van der Waals surface area (Å²) < 4.78 is 0. The van der Waals surface area contributed by atoms with Crippen LogP contribution in [0.15, 0.2) is 48.5 Å². The Hall–Kier alpha value is -2.82. The van der Waals surface area contributed by atoms with Crippen molar-refractivity contribution >= 4 is 17.6 Å². The number of carboxylic acids is 1. The fraction of sp³-hybridized carbons (Fsp3) is 0.125. The van der Waals surface area contributed by atoms with Gasteiger partial charge >= 0.3 is 5.97 Å². The molecule has 108 valence electrons. The zero-order chi connectivity index (χ0) is 15.4. The summed E-state index contributed by atoms with van der Waals surface area (Å²) in [5, 5.41) is 11.8. The van der Waals surface area contributed by atoms with Crippen molar-refractivity contribution in [1.29, 1.82) is 0 Å². The second kappa shape index (κ2) is 6.09. The van der Waals surface area contributed by atoms with Crippen LogP contribution in [0.4, 0.5) is 5.69 Å². The quantitative estimate of drug-likeness (QED) is 0.750.